The Bertz CT molecular complexity index is 650. The maximum absolute atomic E-state index is 11.8. The van der Waals surface area contributed by atoms with Crippen molar-refractivity contribution >= 4 is 10.0 Å². The van der Waals surface area contributed by atoms with E-state index in [1.807, 2.05) is 24.3 Å². The van der Waals surface area contributed by atoms with E-state index in [4.69, 9.17) is 10.00 Å². The lowest BCUT2D eigenvalue weighted by molar-refractivity contribution is 0.180. The minimum atomic E-state index is -3.18. The second kappa shape index (κ2) is 9.05. The fraction of sp³-hybridized carbons (Fsp3) is 0.611. The van der Waals surface area contributed by atoms with Gasteiger partial charge >= 0.3 is 0 Å². The fourth-order valence-electron chi connectivity index (χ4n) is 3.03. The number of rotatable bonds is 8. The van der Waals surface area contributed by atoms with Gasteiger partial charge in [-0.05, 0) is 43.9 Å². The lowest BCUT2D eigenvalue weighted by Gasteiger charge is -2.31. The molecule has 1 fully saturated rings. The highest BCUT2D eigenvalue weighted by Crippen LogP contribution is 2.26. The third-order valence-corrected chi connectivity index (χ3v) is 5.95. The van der Waals surface area contributed by atoms with Gasteiger partial charge in [0.2, 0.25) is 10.0 Å². The molecule has 132 valence electrons. The maximum Gasteiger partial charge on any atom is 0.211 e. The number of nitrogens with one attached hydrogen (secondary N) is 1. The molecule has 1 aromatic rings. The quantitative estimate of drug-likeness (QED) is 0.781. The lowest BCUT2D eigenvalue weighted by Crippen LogP contribution is -2.44. The number of aryl methyl sites for hydroxylation is 1. The molecule has 2 rings (SSSR count). The Balaban J connectivity index is 1.90. The molecule has 0 aromatic heterocycles. The van der Waals surface area contributed by atoms with Crippen LogP contribution in [-0.2, 0) is 16.4 Å². The van der Waals surface area contributed by atoms with Crippen LogP contribution in [0.25, 0.3) is 0 Å². The van der Waals surface area contributed by atoms with Crippen molar-refractivity contribution in [2.75, 3.05) is 12.4 Å². The Kier molecular flexibility index (Phi) is 7.07. The fourth-order valence-corrected chi connectivity index (χ4v) is 3.97. The summed E-state index contributed by atoms with van der Waals surface area (Å²) in [5.74, 6) is 1.11. The summed E-state index contributed by atoms with van der Waals surface area (Å²) >= 11 is 0. The van der Waals surface area contributed by atoms with Gasteiger partial charge in [0.15, 0.2) is 0 Å². The van der Waals surface area contributed by atoms with Crippen LogP contribution in [0.2, 0.25) is 0 Å². The van der Waals surface area contributed by atoms with E-state index in [-0.39, 0.29) is 17.7 Å². The van der Waals surface area contributed by atoms with Crippen molar-refractivity contribution in [2.24, 2.45) is 5.92 Å². The lowest BCUT2D eigenvalue weighted by atomic mass is 9.86. The number of nitrogens with zero attached hydrogens (tertiary/aromatic N) is 1. The zero-order valence-electron chi connectivity index (χ0n) is 14.2. The molecule has 1 aliphatic carbocycles. The van der Waals surface area contributed by atoms with Crippen molar-refractivity contribution in [1.82, 2.24) is 4.72 Å². The van der Waals surface area contributed by atoms with Gasteiger partial charge in [0, 0.05) is 18.4 Å². The number of nitriles is 1. The molecule has 0 heterocycles. The minimum Gasteiger partial charge on any atom is -0.493 e. The molecule has 24 heavy (non-hydrogen) atoms. The van der Waals surface area contributed by atoms with Crippen LogP contribution in [-0.4, -0.2) is 26.8 Å². The van der Waals surface area contributed by atoms with E-state index in [2.05, 4.69) is 10.8 Å². The zero-order chi connectivity index (χ0) is 17.4. The van der Waals surface area contributed by atoms with Gasteiger partial charge in [-0.3, -0.25) is 0 Å². The van der Waals surface area contributed by atoms with Crippen molar-refractivity contribution in [3.63, 3.8) is 0 Å². The molecule has 1 N–H and O–H groups in total. The molecule has 0 saturated heterocycles. The Labute approximate surface area is 145 Å². The minimum absolute atomic E-state index is 0.0291. The van der Waals surface area contributed by atoms with E-state index < -0.39 is 10.0 Å². The number of sulfonamides is 1. The summed E-state index contributed by atoms with van der Waals surface area (Å²) in [6.07, 6.45) is 5.30. The maximum atomic E-state index is 11.8. The molecule has 0 radical (unpaired) electrons. The standard InChI is InChI=1S/C18H26N2O3S/c1-2-24(21,22)20-18-8-4-3-7-16(18)14-23-17-11-9-15(10-12-17)6-5-13-19/h9-12,16,18,20H,2-8,14H2,1H3. The summed E-state index contributed by atoms with van der Waals surface area (Å²) in [5, 5.41) is 8.61. The van der Waals surface area contributed by atoms with E-state index >= 15 is 0 Å². The van der Waals surface area contributed by atoms with E-state index in [1.54, 1.807) is 6.92 Å². The van der Waals surface area contributed by atoms with Gasteiger partial charge in [-0.15, -0.1) is 0 Å². The molecule has 0 aliphatic heterocycles. The van der Waals surface area contributed by atoms with Gasteiger partial charge in [0.25, 0.3) is 0 Å². The molecule has 0 bridgehead atoms. The van der Waals surface area contributed by atoms with Crippen LogP contribution in [0.5, 0.6) is 5.75 Å². The van der Waals surface area contributed by atoms with Gasteiger partial charge < -0.3 is 4.74 Å². The molecular formula is C18H26N2O3S. The van der Waals surface area contributed by atoms with Gasteiger partial charge in [-0.2, -0.15) is 5.26 Å². The molecule has 0 amide bonds. The summed E-state index contributed by atoms with van der Waals surface area (Å²) in [7, 11) is -3.18. The van der Waals surface area contributed by atoms with E-state index in [0.717, 1.165) is 43.4 Å². The van der Waals surface area contributed by atoms with Crippen molar-refractivity contribution in [3.05, 3.63) is 29.8 Å². The first-order valence-electron chi connectivity index (χ1n) is 8.62. The predicted octanol–water partition coefficient (Wildman–Crippen LogP) is 3.02. The first kappa shape index (κ1) is 18.8. The molecule has 1 saturated carbocycles. The Hall–Kier alpha value is -1.58. The highest BCUT2D eigenvalue weighted by molar-refractivity contribution is 7.89. The zero-order valence-corrected chi connectivity index (χ0v) is 15.0. The van der Waals surface area contributed by atoms with Crippen LogP contribution >= 0.6 is 0 Å². The Morgan fingerprint density at radius 1 is 1.25 bits per heavy atom. The van der Waals surface area contributed by atoms with Gasteiger partial charge in [-0.25, -0.2) is 13.1 Å². The van der Waals surface area contributed by atoms with Crippen LogP contribution in [0.15, 0.2) is 24.3 Å². The van der Waals surface area contributed by atoms with Gasteiger partial charge in [0.1, 0.15) is 5.75 Å². The largest absolute Gasteiger partial charge is 0.493 e. The number of ether oxygens (including phenoxy) is 1. The molecular weight excluding hydrogens is 324 g/mol. The van der Waals surface area contributed by atoms with Crippen molar-refractivity contribution < 1.29 is 13.2 Å². The second-order valence-corrected chi connectivity index (χ2v) is 8.33. The summed E-state index contributed by atoms with van der Waals surface area (Å²) in [5.41, 5.74) is 1.12. The highest BCUT2D eigenvalue weighted by atomic mass is 32.2. The topological polar surface area (TPSA) is 79.2 Å². The van der Waals surface area contributed by atoms with Crippen LogP contribution in [0.1, 0.15) is 44.6 Å². The molecule has 5 nitrogen and oxygen atoms in total. The number of hydrogen-bond acceptors (Lipinski definition) is 4. The van der Waals surface area contributed by atoms with Gasteiger partial charge in [-0.1, -0.05) is 25.0 Å². The molecule has 2 unspecified atom stereocenters. The first-order valence-corrected chi connectivity index (χ1v) is 10.3. The monoisotopic (exact) mass is 350 g/mol. The summed E-state index contributed by atoms with van der Waals surface area (Å²) < 4.78 is 32.4. The highest BCUT2D eigenvalue weighted by Gasteiger charge is 2.28. The Morgan fingerprint density at radius 2 is 1.96 bits per heavy atom. The smallest absolute Gasteiger partial charge is 0.211 e. The van der Waals surface area contributed by atoms with E-state index in [0.29, 0.717) is 13.0 Å². The first-order chi connectivity index (χ1) is 11.5. The van der Waals surface area contributed by atoms with Crippen LogP contribution in [0, 0.1) is 17.2 Å². The van der Waals surface area contributed by atoms with Crippen LogP contribution in [0.3, 0.4) is 0 Å². The van der Waals surface area contributed by atoms with E-state index in [1.165, 1.54) is 0 Å². The molecule has 2 atom stereocenters. The molecule has 1 aliphatic rings. The molecule has 1 aromatic carbocycles. The summed E-state index contributed by atoms with van der Waals surface area (Å²) in [6, 6.07) is 9.90. The SMILES string of the molecule is CCS(=O)(=O)NC1CCCCC1COc1ccc(CCC#N)cc1. The molecule has 0 spiro atoms. The van der Waals surface area contributed by atoms with Crippen LogP contribution in [0.4, 0.5) is 0 Å². The van der Waals surface area contributed by atoms with Crippen molar-refractivity contribution in [1.29, 1.82) is 5.26 Å². The third kappa shape index (κ3) is 5.81. The van der Waals surface area contributed by atoms with Crippen LogP contribution < -0.4 is 9.46 Å². The Morgan fingerprint density at radius 3 is 2.62 bits per heavy atom. The summed E-state index contributed by atoms with van der Waals surface area (Å²) in [4.78, 5) is 0. The summed E-state index contributed by atoms with van der Waals surface area (Å²) in [6.45, 7) is 2.18. The van der Waals surface area contributed by atoms with Crippen molar-refractivity contribution in [3.8, 4) is 11.8 Å². The number of benzene rings is 1. The average Bonchev–Trinajstić information content (AvgIpc) is 2.60. The molecule has 6 heteroatoms. The normalized spacial score (nSPS) is 21.2. The van der Waals surface area contributed by atoms with Gasteiger partial charge in [0.05, 0.1) is 18.4 Å². The average molecular weight is 350 g/mol. The second-order valence-electron chi connectivity index (χ2n) is 6.29. The third-order valence-electron chi connectivity index (χ3n) is 4.53. The number of hydrogen-bond donors (Lipinski definition) is 1. The predicted molar refractivity (Wildman–Crippen MR) is 94.2 cm³/mol. The van der Waals surface area contributed by atoms with Crippen molar-refractivity contribution in [2.45, 2.75) is 51.5 Å². The van der Waals surface area contributed by atoms with E-state index in [9.17, 15) is 8.42 Å².